The fourth-order valence-electron chi connectivity index (χ4n) is 3.32. The molecule has 2 atom stereocenters. The van der Waals surface area contributed by atoms with Crippen LogP contribution in [0.3, 0.4) is 0 Å². The van der Waals surface area contributed by atoms with Crippen LogP contribution in [0.4, 0.5) is 0 Å². The van der Waals surface area contributed by atoms with Gasteiger partial charge in [-0.1, -0.05) is 19.9 Å². The van der Waals surface area contributed by atoms with Gasteiger partial charge in [0, 0.05) is 12.1 Å². The summed E-state index contributed by atoms with van der Waals surface area (Å²) in [5.74, 6) is 2.47. The predicted octanol–water partition coefficient (Wildman–Crippen LogP) is 3.20. The van der Waals surface area contributed by atoms with Gasteiger partial charge in [0.15, 0.2) is 0 Å². The maximum atomic E-state index is 5.97. The van der Waals surface area contributed by atoms with Crippen molar-refractivity contribution in [3.8, 4) is 11.5 Å². The van der Waals surface area contributed by atoms with Crippen molar-refractivity contribution in [1.29, 1.82) is 0 Å². The first-order chi connectivity index (χ1) is 9.72. The second-order valence-corrected chi connectivity index (χ2v) is 5.78. The molecule has 0 N–H and O–H groups in total. The highest BCUT2D eigenvalue weighted by atomic mass is 16.5. The molecule has 2 aliphatic rings. The third kappa shape index (κ3) is 2.31. The summed E-state index contributed by atoms with van der Waals surface area (Å²) in [4.78, 5) is 2.56. The van der Waals surface area contributed by atoms with E-state index >= 15 is 0 Å². The summed E-state index contributed by atoms with van der Waals surface area (Å²) in [6.45, 7) is 7.56. The highest BCUT2D eigenvalue weighted by Crippen LogP contribution is 2.40. The zero-order chi connectivity index (χ0) is 14.1. The zero-order valence-electron chi connectivity index (χ0n) is 12.6. The number of rotatable bonds is 3. The van der Waals surface area contributed by atoms with Crippen LogP contribution in [0.1, 0.15) is 25.8 Å². The van der Waals surface area contributed by atoms with E-state index in [1.165, 1.54) is 17.6 Å². The molecule has 3 nitrogen and oxygen atoms in total. The molecule has 1 aromatic carbocycles. The lowest BCUT2D eigenvalue weighted by Gasteiger charge is -2.41. The molecule has 0 amide bonds. The van der Waals surface area contributed by atoms with Crippen molar-refractivity contribution in [2.45, 2.75) is 26.3 Å². The second-order valence-electron chi connectivity index (χ2n) is 5.78. The van der Waals surface area contributed by atoms with E-state index in [0.29, 0.717) is 12.0 Å². The molecule has 0 unspecified atom stereocenters. The number of ether oxygens (including phenoxy) is 2. The molecule has 108 valence electrons. The lowest BCUT2D eigenvalue weighted by molar-refractivity contribution is 0.143. The van der Waals surface area contributed by atoms with Gasteiger partial charge >= 0.3 is 0 Å². The van der Waals surface area contributed by atoms with Gasteiger partial charge in [0.2, 0.25) is 0 Å². The fraction of sp³-hybridized carbons (Fsp3) is 0.529. The van der Waals surface area contributed by atoms with Crippen molar-refractivity contribution in [3.63, 3.8) is 0 Å². The number of benzene rings is 1. The van der Waals surface area contributed by atoms with Crippen molar-refractivity contribution in [2.75, 3.05) is 26.8 Å². The van der Waals surface area contributed by atoms with Crippen LogP contribution in [0.5, 0.6) is 11.5 Å². The molecule has 20 heavy (non-hydrogen) atoms. The smallest absolute Gasteiger partial charge is 0.127 e. The molecular formula is C17H23NO2. The zero-order valence-corrected chi connectivity index (χ0v) is 12.6. The number of hydrogen-bond donors (Lipinski definition) is 0. The molecular weight excluding hydrogens is 250 g/mol. The van der Waals surface area contributed by atoms with Crippen molar-refractivity contribution in [1.82, 2.24) is 4.90 Å². The second kappa shape index (κ2) is 5.49. The van der Waals surface area contributed by atoms with E-state index in [1.54, 1.807) is 7.11 Å². The summed E-state index contributed by atoms with van der Waals surface area (Å²) in [5.41, 5.74) is 2.62. The molecule has 0 aliphatic carbocycles. The number of fused-ring (bicyclic) bond motifs is 3. The largest absolute Gasteiger partial charge is 0.497 e. The molecule has 1 aromatic rings. The average Bonchev–Trinajstić information content (AvgIpc) is 2.46. The Morgan fingerprint density at radius 1 is 1.40 bits per heavy atom. The molecule has 0 spiro atoms. The molecule has 2 aliphatic heterocycles. The molecule has 0 radical (unpaired) electrons. The normalized spacial score (nSPS) is 25.2. The molecule has 2 heterocycles. The summed E-state index contributed by atoms with van der Waals surface area (Å²) in [6.07, 6.45) is 3.60. The van der Waals surface area contributed by atoms with Crippen LogP contribution in [0.15, 0.2) is 24.3 Å². The maximum absolute atomic E-state index is 5.97. The average molecular weight is 273 g/mol. The Bertz CT molecular complexity index is 524. The molecule has 0 saturated heterocycles. The lowest BCUT2D eigenvalue weighted by atomic mass is 9.87. The molecule has 3 rings (SSSR count). The van der Waals surface area contributed by atoms with Gasteiger partial charge in [0.1, 0.15) is 18.1 Å². The summed E-state index contributed by atoms with van der Waals surface area (Å²) in [7, 11) is 1.71. The van der Waals surface area contributed by atoms with Crippen LogP contribution in [0.25, 0.3) is 5.57 Å². The Labute approximate surface area is 121 Å². The van der Waals surface area contributed by atoms with Gasteiger partial charge in [-0.3, -0.25) is 4.90 Å². The van der Waals surface area contributed by atoms with E-state index < -0.39 is 0 Å². The monoisotopic (exact) mass is 273 g/mol. The summed E-state index contributed by atoms with van der Waals surface area (Å²) >= 11 is 0. The van der Waals surface area contributed by atoms with Gasteiger partial charge in [-0.15, -0.1) is 0 Å². The van der Waals surface area contributed by atoms with Crippen LogP contribution < -0.4 is 9.47 Å². The first-order valence-electron chi connectivity index (χ1n) is 7.50. The minimum absolute atomic E-state index is 0.394. The van der Waals surface area contributed by atoms with Crippen LogP contribution in [-0.4, -0.2) is 37.7 Å². The van der Waals surface area contributed by atoms with Gasteiger partial charge in [-0.25, -0.2) is 0 Å². The number of methoxy groups -OCH3 is 1. The Hall–Kier alpha value is -1.48. The minimum Gasteiger partial charge on any atom is -0.497 e. The lowest BCUT2D eigenvalue weighted by Crippen LogP contribution is -2.47. The highest BCUT2D eigenvalue weighted by Gasteiger charge is 2.33. The Morgan fingerprint density at radius 3 is 3.00 bits per heavy atom. The Kier molecular flexibility index (Phi) is 3.70. The van der Waals surface area contributed by atoms with Crippen molar-refractivity contribution in [2.24, 2.45) is 5.92 Å². The van der Waals surface area contributed by atoms with Crippen molar-refractivity contribution < 1.29 is 9.47 Å². The van der Waals surface area contributed by atoms with E-state index in [2.05, 4.69) is 30.9 Å². The number of hydrogen-bond acceptors (Lipinski definition) is 3. The minimum atomic E-state index is 0.394. The Morgan fingerprint density at radius 2 is 2.25 bits per heavy atom. The van der Waals surface area contributed by atoms with E-state index in [-0.39, 0.29) is 0 Å². The summed E-state index contributed by atoms with van der Waals surface area (Å²) < 4.78 is 11.3. The van der Waals surface area contributed by atoms with Gasteiger partial charge in [0.25, 0.3) is 0 Å². The quantitative estimate of drug-likeness (QED) is 0.844. The topological polar surface area (TPSA) is 21.7 Å². The molecule has 3 heteroatoms. The molecule has 0 bridgehead atoms. The fourth-order valence-corrected chi connectivity index (χ4v) is 3.32. The van der Waals surface area contributed by atoms with Crippen molar-refractivity contribution >= 4 is 5.57 Å². The van der Waals surface area contributed by atoms with Gasteiger partial charge < -0.3 is 9.47 Å². The van der Waals surface area contributed by atoms with Crippen LogP contribution in [-0.2, 0) is 0 Å². The molecule has 0 fully saturated rings. The van der Waals surface area contributed by atoms with Gasteiger partial charge in [0.05, 0.1) is 13.2 Å². The van der Waals surface area contributed by atoms with Crippen molar-refractivity contribution in [3.05, 3.63) is 29.8 Å². The van der Waals surface area contributed by atoms with Gasteiger partial charge in [-0.05, 0) is 42.7 Å². The predicted molar refractivity (Wildman–Crippen MR) is 81.3 cm³/mol. The van der Waals surface area contributed by atoms with Crippen LogP contribution in [0.2, 0.25) is 0 Å². The maximum Gasteiger partial charge on any atom is 0.127 e. The molecule has 0 saturated carbocycles. The standard InChI is InChI=1S/C17H23NO2/c1-4-7-18-10-12(2)8-14-15-9-13(19-3)5-6-17(15)20-11-16(14)18/h5-6,8-9,12,16H,4,7,10-11H2,1-3H3/t12-,16+/m1/s1. The first-order valence-corrected chi connectivity index (χ1v) is 7.50. The van der Waals surface area contributed by atoms with E-state index in [1.807, 2.05) is 12.1 Å². The van der Waals surface area contributed by atoms with E-state index in [0.717, 1.165) is 31.2 Å². The third-order valence-corrected chi connectivity index (χ3v) is 4.19. The number of nitrogens with zero attached hydrogens (tertiary/aromatic N) is 1. The van der Waals surface area contributed by atoms with Gasteiger partial charge in [-0.2, -0.15) is 0 Å². The van der Waals surface area contributed by atoms with Crippen LogP contribution >= 0.6 is 0 Å². The summed E-state index contributed by atoms with van der Waals surface area (Å²) in [6, 6.07) is 6.49. The molecule has 0 aromatic heterocycles. The summed E-state index contributed by atoms with van der Waals surface area (Å²) in [5, 5.41) is 0. The Balaban J connectivity index is 2.01. The SMILES string of the molecule is CCCN1C[C@H](C)C=C2c3cc(OC)ccc3OC[C@@H]21. The highest BCUT2D eigenvalue weighted by molar-refractivity contribution is 5.77. The first kappa shape index (κ1) is 13.5. The third-order valence-electron chi connectivity index (χ3n) is 4.19. The van der Waals surface area contributed by atoms with E-state index in [4.69, 9.17) is 9.47 Å². The van der Waals surface area contributed by atoms with E-state index in [9.17, 15) is 0 Å². The van der Waals surface area contributed by atoms with Crippen LogP contribution in [0, 0.1) is 5.92 Å².